The molecule has 0 atom stereocenters. The Morgan fingerprint density at radius 2 is 1.86 bits per heavy atom. The van der Waals surface area contributed by atoms with Crippen molar-refractivity contribution < 1.29 is 8.42 Å². The highest BCUT2D eigenvalue weighted by atomic mass is 79.9. The van der Waals surface area contributed by atoms with Crippen LogP contribution in [0.3, 0.4) is 0 Å². The summed E-state index contributed by atoms with van der Waals surface area (Å²) in [4.78, 5) is 0. The topological polar surface area (TPSA) is 34.1 Å². The van der Waals surface area contributed by atoms with E-state index in [1.165, 1.54) is 0 Å². The number of halogens is 2. The van der Waals surface area contributed by atoms with E-state index < -0.39 is 9.05 Å². The smallest absolute Gasteiger partial charge is 0.198 e. The summed E-state index contributed by atoms with van der Waals surface area (Å²) in [5.74, 6) is 2.48. The molecule has 5 heteroatoms. The molecule has 0 N–H and O–H groups in total. The van der Waals surface area contributed by atoms with Gasteiger partial charge in [0, 0.05) is 26.8 Å². The highest BCUT2D eigenvalue weighted by Crippen LogP contribution is 2.10. The van der Waals surface area contributed by atoms with Gasteiger partial charge < -0.3 is 0 Å². The molecule has 0 unspecified atom stereocenters. The van der Waals surface area contributed by atoms with E-state index in [9.17, 15) is 8.42 Å². The summed E-state index contributed by atoms with van der Waals surface area (Å²) in [5.41, 5.74) is 0.945. The van der Waals surface area contributed by atoms with E-state index in [0.717, 1.165) is 10.0 Å². The van der Waals surface area contributed by atoms with Crippen LogP contribution in [0.2, 0.25) is 0 Å². The van der Waals surface area contributed by atoms with Crippen molar-refractivity contribution in [3.8, 4) is 11.2 Å². The number of rotatable bonds is 1. The molecular weight excluding hydrogens is 288 g/mol. The van der Waals surface area contributed by atoms with E-state index in [0.29, 0.717) is 6.42 Å². The summed E-state index contributed by atoms with van der Waals surface area (Å²) in [5, 5.41) is 1.96. The van der Waals surface area contributed by atoms with Crippen molar-refractivity contribution in [2.45, 2.75) is 6.42 Å². The quantitative estimate of drug-likeness (QED) is 0.589. The first kappa shape index (κ1) is 11.6. The predicted octanol–water partition coefficient (Wildman–Crippen LogP) is 2.52. The van der Waals surface area contributed by atoms with Crippen molar-refractivity contribution in [2.75, 3.05) is 0 Å². The first-order valence-corrected chi connectivity index (χ1v) is 6.76. The van der Waals surface area contributed by atoms with Crippen LogP contribution in [0.25, 0.3) is 0 Å². The van der Waals surface area contributed by atoms with Crippen molar-refractivity contribution in [1.29, 1.82) is 0 Å². The number of hydrogen-bond acceptors (Lipinski definition) is 2. The second-order valence-corrected chi connectivity index (χ2v) is 5.73. The molecule has 1 rings (SSSR count). The Labute approximate surface area is 95.8 Å². The van der Waals surface area contributed by atoms with Gasteiger partial charge in [0.2, 0.25) is 0 Å². The van der Waals surface area contributed by atoms with Gasteiger partial charge in [0.05, 0.1) is 0 Å². The van der Waals surface area contributed by atoms with Gasteiger partial charge in [-0.25, -0.2) is 0 Å². The first-order chi connectivity index (χ1) is 6.47. The van der Waals surface area contributed by atoms with Crippen LogP contribution < -0.4 is 0 Å². The Bertz CT molecular complexity index is 468. The SMILES string of the molecule is O=S(=O)(Cl)C#CCc1ccc(Br)cc1. The van der Waals surface area contributed by atoms with Crippen LogP contribution in [0.15, 0.2) is 28.7 Å². The van der Waals surface area contributed by atoms with Crippen molar-refractivity contribution in [3.05, 3.63) is 34.3 Å². The van der Waals surface area contributed by atoms with Gasteiger partial charge in [0.1, 0.15) is 0 Å². The van der Waals surface area contributed by atoms with E-state index >= 15 is 0 Å². The third-order valence-electron chi connectivity index (χ3n) is 1.40. The first-order valence-electron chi connectivity index (χ1n) is 3.66. The van der Waals surface area contributed by atoms with E-state index in [-0.39, 0.29) is 0 Å². The molecule has 0 saturated carbocycles. The lowest BCUT2D eigenvalue weighted by Gasteiger charge is -1.93. The molecule has 0 aliphatic heterocycles. The molecule has 0 aliphatic carbocycles. The summed E-state index contributed by atoms with van der Waals surface area (Å²) in [6.45, 7) is 0. The van der Waals surface area contributed by atoms with Gasteiger partial charge in [-0.05, 0) is 17.7 Å². The maximum absolute atomic E-state index is 10.5. The van der Waals surface area contributed by atoms with Gasteiger partial charge >= 0.3 is 9.05 Å². The second-order valence-electron chi connectivity index (χ2n) is 2.52. The minimum absolute atomic E-state index is 0.374. The molecule has 0 fully saturated rings. The van der Waals surface area contributed by atoms with Crippen molar-refractivity contribution in [3.63, 3.8) is 0 Å². The minimum atomic E-state index is -3.70. The molecule has 14 heavy (non-hydrogen) atoms. The molecule has 2 nitrogen and oxygen atoms in total. The van der Waals surface area contributed by atoms with Gasteiger partial charge in [-0.15, -0.1) is 0 Å². The van der Waals surface area contributed by atoms with Crippen molar-refractivity contribution in [1.82, 2.24) is 0 Å². The van der Waals surface area contributed by atoms with Crippen LogP contribution in [0.4, 0.5) is 0 Å². The zero-order valence-electron chi connectivity index (χ0n) is 7.00. The van der Waals surface area contributed by atoms with Gasteiger partial charge in [-0.3, -0.25) is 0 Å². The average molecular weight is 294 g/mol. The summed E-state index contributed by atoms with van der Waals surface area (Å²) < 4.78 is 21.9. The van der Waals surface area contributed by atoms with Crippen molar-refractivity contribution >= 4 is 35.7 Å². The fourth-order valence-electron chi connectivity index (χ4n) is 0.827. The summed E-state index contributed by atoms with van der Waals surface area (Å²) >= 11 is 3.29. The standard InChI is InChI=1S/C9H6BrClO2S/c10-9-5-3-8(4-6-9)2-1-7-14(11,12)13/h3-6H,2H2. The van der Waals surface area contributed by atoms with Crippen LogP contribution in [0.5, 0.6) is 0 Å². The molecule has 0 spiro atoms. The molecule has 0 amide bonds. The normalized spacial score (nSPS) is 10.4. The second kappa shape index (κ2) is 4.83. The Balaban J connectivity index is 2.70. The third kappa shape index (κ3) is 4.66. The van der Waals surface area contributed by atoms with Gasteiger partial charge in [0.15, 0.2) is 0 Å². The Morgan fingerprint density at radius 1 is 1.29 bits per heavy atom. The fourth-order valence-corrected chi connectivity index (χ4v) is 1.50. The Morgan fingerprint density at radius 3 is 2.36 bits per heavy atom. The Hall–Kier alpha value is -0.500. The zero-order valence-corrected chi connectivity index (χ0v) is 10.2. The lowest BCUT2D eigenvalue weighted by atomic mass is 10.2. The monoisotopic (exact) mass is 292 g/mol. The number of benzene rings is 1. The lowest BCUT2D eigenvalue weighted by Crippen LogP contribution is -1.83. The van der Waals surface area contributed by atoms with Crippen molar-refractivity contribution in [2.24, 2.45) is 0 Å². The average Bonchev–Trinajstić information content (AvgIpc) is 2.06. The summed E-state index contributed by atoms with van der Waals surface area (Å²) in [6.07, 6.45) is 0.374. The highest BCUT2D eigenvalue weighted by Gasteiger charge is 1.95. The Kier molecular flexibility index (Phi) is 3.99. The number of hydrogen-bond donors (Lipinski definition) is 0. The molecule has 0 aliphatic rings. The maximum atomic E-state index is 10.5. The highest BCUT2D eigenvalue weighted by molar-refractivity contribution is 9.10. The zero-order chi connectivity index (χ0) is 10.6. The van der Waals surface area contributed by atoms with E-state index in [1.807, 2.05) is 29.5 Å². The molecule has 1 aromatic carbocycles. The molecule has 1 aromatic rings. The molecule has 0 radical (unpaired) electrons. The molecular formula is C9H6BrClO2S. The van der Waals surface area contributed by atoms with E-state index in [1.54, 1.807) is 0 Å². The largest absolute Gasteiger partial charge is 0.300 e. The maximum Gasteiger partial charge on any atom is 0.300 e. The predicted molar refractivity (Wildman–Crippen MR) is 60.4 cm³/mol. The minimum Gasteiger partial charge on any atom is -0.198 e. The van der Waals surface area contributed by atoms with Crippen LogP contribution in [0.1, 0.15) is 5.56 Å². The van der Waals surface area contributed by atoms with Crippen LogP contribution in [0, 0.1) is 11.2 Å². The third-order valence-corrected chi connectivity index (χ3v) is 2.55. The lowest BCUT2D eigenvalue weighted by molar-refractivity contribution is 0.618. The van der Waals surface area contributed by atoms with Crippen LogP contribution in [-0.4, -0.2) is 8.42 Å². The fraction of sp³-hybridized carbons (Fsp3) is 0.111. The van der Waals surface area contributed by atoms with Crippen LogP contribution in [-0.2, 0) is 15.5 Å². The molecule has 0 heterocycles. The van der Waals surface area contributed by atoms with E-state index in [2.05, 4.69) is 21.9 Å². The summed E-state index contributed by atoms with van der Waals surface area (Å²) in [7, 11) is 1.22. The molecule has 0 aromatic heterocycles. The van der Waals surface area contributed by atoms with Gasteiger partial charge in [-0.1, -0.05) is 34.0 Å². The molecule has 74 valence electrons. The van der Waals surface area contributed by atoms with E-state index in [4.69, 9.17) is 10.7 Å². The van der Waals surface area contributed by atoms with Gasteiger partial charge in [-0.2, -0.15) is 8.42 Å². The van der Waals surface area contributed by atoms with Crippen LogP contribution >= 0.6 is 26.6 Å². The summed E-state index contributed by atoms with van der Waals surface area (Å²) in [6, 6.07) is 7.46. The molecule has 0 saturated heterocycles. The van der Waals surface area contributed by atoms with Gasteiger partial charge in [0.25, 0.3) is 0 Å². The molecule has 0 bridgehead atoms.